The lowest BCUT2D eigenvalue weighted by Gasteiger charge is -2.20. The first-order chi connectivity index (χ1) is 8.81. The maximum Gasteiger partial charge on any atom is 0.341 e. The van der Waals surface area contributed by atoms with Gasteiger partial charge in [-0.15, -0.1) is 0 Å². The summed E-state index contributed by atoms with van der Waals surface area (Å²) in [7, 11) is 1.21. The number of methoxy groups -OCH3 is 1. The monoisotopic (exact) mass is 266 g/mol. The Bertz CT molecular complexity index is 491. The van der Waals surface area contributed by atoms with Gasteiger partial charge in [0.15, 0.2) is 0 Å². The van der Waals surface area contributed by atoms with Gasteiger partial charge in [-0.25, -0.2) is 4.79 Å². The standard InChI is InChI=1S/C14H18O5/c1-5-14(2,3)13(17)19-9-6-7-11(15)10(8-9)12(16)18-4/h6-8,15H,5H2,1-4H3. The van der Waals surface area contributed by atoms with E-state index in [1.165, 1.54) is 25.3 Å². The zero-order valence-electron chi connectivity index (χ0n) is 11.5. The zero-order chi connectivity index (χ0) is 14.6. The molecule has 0 spiro atoms. The molecule has 1 aromatic carbocycles. The second-order valence-electron chi connectivity index (χ2n) is 4.80. The molecule has 5 heteroatoms. The van der Waals surface area contributed by atoms with Crippen LogP contribution in [0.5, 0.6) is 11.5 Å². The van der Waals surface area contributed by atoms with Crippen LogP contribution in [0.2, 0.25) is 0 Å². The predicted octanol–water partition coefficient (Wildman–Crippen LogP) is 2.52. The van der Waals surface area contributed by atoms with Crippen molar-refractivity contribution in [3.05, 3.63) is 23.8 Å². The molecule has 0 bridgehead atoms. The minimum atomic E-state index is -0.690. The fourth-order valence-corrected chi connectivity index (χ4v) is 1.24. The van der Waals surface area contributed by atoms with Gasteiger partial charge in [0.05, 0.1) is 12.5 Å². The summed E-state index contributed by atoms with van der Waals surface area (Å²) >= 11 is 0. The minimum absolute atomic E-state index is 0.0397. The Morgan fingerprint density at radius 2 is 1.95 bits per heavy atom. The smallest absolute Gasteiger partial charge is 0.341 e. The van der Waals surface area contributed by atoms with Crippen molar-refractivity contribution in [2.75, 3.05) is 7.11 Å². The van der Waals surface area contributed by atoms with Crippen molar-refractivity contribution < 1.29 is 24.2 Å². The summed E-state index contributed by atoms with van der Waals surface area (Å²) in [4.78, 5) is 23.3. The van der Waals surface area contributed by atoms with Crippen LogP contribution in [0.3, 0.4) is 0 Å². The van der Waals surface area contributed by atoms with Crippen molar-refractivity contribution in [1.29, 1.82) is 0 Å². The van der Waals surface area contributed by atoms with E-state index in [0.717, 1.165) is 0 Å². The van der Waals surface area contributed by atoms with Crippen LogP contribution < -0.4 is 4.74 Å². The normalized spacial score (nSPS) is 10.9. The lowest BCUT2D eigenvalue weighted by atomic mass is 9.91. The fraction of sp³-hybridized carbons (Fsp3) is 0.429. The van der Waals surface area contributed by atoms with E-state index in [2.05, 4.69) is 4.74 Å². The Labute approximate surface area is 112 Å². The van der Waals surface area contributed by atoms with Crippen LogP contribution in [-0.2, 0) is 9.53 Å². The van der Waals surface area contributed by atoms with E-state index in [1.54, 1.807) is 13.8 Å². The van der Waals surface area contributed by atoms with Crippen LogP contribution in [-0.4, -0.2) is 24.2 Å². The molecule has 0 aliphatic carbocycles. The summed E-state index contributed by atoms with van der Waals surface area (Å²) in [5, 5.41) is 9.54. The Morgan fingerprint density at radius 3 is 2.47 bits per heavy atom. The van der Waals surface area contributed by atoms with E-state index in [0.29, 0.717) is 6.42 Å². The second-order valence-corrected chi connectivity index (χ2v) is 4.80. The number of aromatic hydroxyl groups is 1. The third-order valence-electron chi connectivity index (χ3n) is 3.02. The highest BCUT2D eigenvalue weighted by atomic mass is 16.5. The fourth-order valence-electron chi connectivity index (χ4n) is 1.24. The predicted molar refractivity (Wildman–Crippen MR) is 69.2 cm³/mol. The highest BCUT2D eigenvalue weighted by Crippen LogP contribution is 2.27. The topological polar surface area (TPSA) is 72.8 Å². The molecular formula is C14H18O5. The molecular weight excluding hydrogens is 248 g/mol. The van der Waals surface area contributed by atoms with Crippen molar-refractivity contribution >= 4 is 11.9 Å². The van der Waals surface area contributed by atoms with E-state index in [9.17, 15) is 14.7 Å². The summed E-state index contributed by atoms with van der Waals surface area (Å²) in [6.45, 7) is 5.44. The van der Waals surface area contributed by atoms with Gasteiger partial charge in [-0.2, -0.15) is 0 Å². The average Bonchev–Trinajstić information content (AvgIpc) is 2.39. The van der Waals surface area contributed by atoms with Crippen LogP contribution in [0.4, 0.5) is 0 Å². The van der Waals surface area contributed by atoms with Gasteiger partial charge in [-0.3, -0.25) is 4.79 Å². The van der Waals surface area contributed by atoms with E-state index in [-0.39, 0.29) is 17.1 Å². The number of hydrogen-bond acceptors (Lipinski definition) is 5. The molecule has 1 rings (SSSR count). The molecule has 0 saturated heterocycles. The van der Waals surface area contributed by atoms with Crippen LogP contribution in [0.1, 0.15) is 37.6 Å². The maximum atomic E-state index is 11.9. The molecule has 0 aromatic heterocycles. The lowest BCUT2D eigenvalue weighted by Crippen LogP contribution is -2.28. The van der Waals surface area contributed by atoms with Gasteiger partial charge < -0.3 is 14.6 Å². The number of phenolic OH excluding ortho intramolecular Hbond substituents is 1. The molecule has 0 heterocycles. The van der Waals surface area contributed by atoms with E-state index >= 15 is 0 Å². The first-order valence-corrected chi connectivity index (χ1v) is 5.95. The van der Waals surface area contributed by atoms with Crippen LogP contribution in [0.15, 0.2) is 18.2 Å². The summed E-state index contributed by atoms with van der Waals surface area (Å²) in [6, 6.07) is 3.99. The molecule has 0 amide bonds. The first kappa shape index (κ1) is 15.0. The van der Waals surface area contributed by atoms with Gasteiger partial charge in [-0.1, -0.05) is 6.92 Å². The third kappa shape index (κ3) is 3.47. The molecule has 0 aliphatic heterocycles. The van der Waals surface area contributed by atoms with Crippen molar-refractivity contribution in [3.63, 3.8) is 0 Å². The summed E-state index contributed by atoms with van der Waals surface area (Å²) < 4.78 is 9.73. The highest BCUT2D eigenvalue weighted by molar-refractivity contribution is 5.93. The number of carbonyl (C=O) groups excluding carboxylic acids is 2. The summed E-state index contributed by atoms with van der Waals surface area (Å²) in [6.07, 6.45) is 0.633. The molecule has 19 heavy (non-hydrogen) atoms. The minimum Gasteiger partial charge on any atom is -0.507 e. The number of rotatable bonds is 4. The quantitative estimate of drug-likeness (QED) is 0.669. The van der Waals surface area contributed by atoms with E-state index in [1.807, 2.05) is 6.92 Å². The maximum absolute atomic E-state index is 11.9. The Morgan fingerprint density at radius 1 is 1.32 bits per heavy atom. The van der Waals surface area contributed by atoms with Gasteiger partial charge >= 0.3 is 11.9 Å². The van der Waals surface area contributed by atoms with Crippen LogP contribution >= 0.6 is 0 Å². The van der Waals surface area contributed by atoms with E-state index < -0.39 is 17.4 Å². The summed E-state index contributed by atoms with van der Waals surface area (Å²) in [5.74, 6) is -1.10. The molecule has 0 fully saturated rings. The van der Waals surface area contributed by atoms with Gasteiger partial charge in [0.2, 0.25) is 0 Å². The van der Waals surface area contributed by atoms with E-state index in [4.69, 9.17) is 4.74 Å². The summed E-state index contributed by atoms with van der Waals surface area (Å²) in [5.41, 5.74) is -0.648. The number of ether oxygens (including phenoxy) is 2. The Balaban J connectivity index is 2.98. The van der Waals surface area contributed by atoms with Gasteiger partial charge in [-0.05, 0) is 38.5 Å². The SMILES string of the molecule is CCC(C)(C)C(=O)Oc1ccc(O)c(C(=O)OC)c1. The third-order valence-corrected chi connectivity index (χ3v) is 3.02. The number of hydrogen-bond donors (Lipinski definition) is 1. The molecule has 5 nitrogen and oxygen atoms in total. The molecule has 1 aromatic rings. The molecule has 1 N–H and O–H groups in total. The van der Waals surface area contributed by atoms with Gasteiger partial charge in [0.25, 0.3) is 0 Å². The number of phenols is 1. The van der Waals surface area contributed by atoms with Crippen molar-refractivity contribution in [1.82, 2.24) is 0 Å². The van der Waals surface area contributed by atoms with Crippen molar-refractivity contribution in [2.24, 2.45) is 5.41 Å². The number of esters is 2. The van der Waals surface area contributed by atoms with Crippen LogP contribution in [0.25, 0.3) is 0 Å². The number of benzene rings is 1. The molecule has 104 valence electrons. The number of carbonyl (C=O) groups is 2. The Kier molecular flexibility index (Phi) is 4.53. The van der Waals surface area contributed by atoms with Gasteiger partial charge in [0, 0.05) is 0 Å². The highest BCUT2D eigenvalue weighted by Gasteiger charge is 2.28. The lowest BCUT2D eigenvalue weighted by molar-refractivity contribution is -0.144. The zero-order valence-corrected chi connectivity index (χ0v) is 11.5. The second kappa shape index (κ2) is 5.73. The molecule has 0 unspecified atom stereocenters. The average molecular weight is 266 g/mol. The largest absolute Gasteiger partial charge is 0.507 e. The van der Waals surface area contributed by atoms with Crippen molar-refractivity contribution in [2.45, 2.75) is 27.2 Å². The van der Waals surface area contributed by atoms with Crippen molar-refractivity contribution in [3.8, 4) is 11.5 Å². The molecule has 0 atom stereocenters. The Hall–Kier alpha value is -2.04. The molecule has 0 radical (unpaired) electrons. The molecule has 0 aliphatic rings. The van der Waals surface area contributed by atoms with Gasteiger partial charge in [0.1, 0.15) is 17.1 Å². The molecule has 0 saturated carbocycles. The van der Waals surface area contributed by atoms with Crippen LogP contribution in [0, 0.1) is 5.41 Å². The first-order valence-electron chi connectivity index (χ1n) is 5.95.